The van der Waals surface area contributed by atoms with Crippen molar-refractivity contribution < 1.29 is 27.2 Å². The van der Waals surface area contributed by atoms with E-state index < -0.39 is 22.0 Å². The SMILES string of the molecule is N=[S@](=O)(Nc1cccc(N2c3ccccc3CCc3ccccc32)c1O)c1ccc(OC(F)(F)F)cc1. The first-order chi connectivity index (χ1) is 17.6. The number of anilines is 4. The number of ether oxygens (including phenoxy) is 1. The molecule has 0 saturated carbocycles. The van der Waals surface area contributed by atoms with Crippen LogP contribution in [0.25, 0.3) is 0 Å². The topological polar surface area (TPSA) is 85.7 Å². The number of alkyl halides is 3. The number of para-hydroxylation sites is 3. The standard InChI is InChI=1S/C27H22F3N3O3S/c28-27(29,30)36-20-14-16-21(17-15-20)37(31,35)32-22-8-5-11-25(26(22)34)33-23-9-3-1-6-18(23)12-13-19-7-2-4-10-24(19)33/h1-11,14-17,34H,12-13H2,(H2,31,32,35)/t37-/m0/s1. The van der Waals surface area contributed by atoms with E-state index in [2.05, 4.69) is 9.46 Å². The fourth-order valence-electron chi connectivity index (χ4n) is 4.38. The third kappa shape index (κ3) is 5.05. The number of nitrogens with zero attached hydrogens (tertiary/aromatic N) is 1. The zero-order valence-corrected chi connectivity index (χ0v) is 20.1. The zero-order chi connectivity index (χ0) is 26.2. The first-order valence-electron chi connectivity index (χ1n) is 11.3. The molecule has 4 aromatic rings. The minimum absolute atomic E-state index is 0.0485. The van der Waals surface area contributed by atoms with E-state index in [1.807, 2.05) is 53.4 Å². The highest BCUT2D eigenvalue weighted by Gasteiger charge is 2.31. The summed E-state index contributed by atoms with van der Waals surface area (Å²) in [5, 5.41) is 11.3. The number of aryl methyl sites for hydroxylation is 2. The van der Waals surface area contributed by atoms with Crippen molar-refractivity contribution in [3.63, 3.8) is 0 Å². The molecule has 0 fully saturated rings. The molecule has 0 unspecified atom stereocenters. The van der Waals surface area contributed by atoms with Gasteiger partial charge in [0, 0.05) is 11.4 Å². The summed E-state index contributed by atoms with van der Waals surface area (Å²) in [5.74, 6) is -0.708. The molecule has 1 aliphatic rings. The minimum Gasteiger partial charge on any atom is -0.504 e. The van der Waals surface area contributed by atoms with Gasteiger partial charge in [0.2, 0.25) is 0 Å². The van der Waals surface area contributed by atoms with Crippen molar-refractivity contribution in [2.45, 2.75) is 24.1 Å². The Morgan fingerprint density at radius 3 is 1.92 bits per heavy atom. The summed E-state index contributed by atoms with van der Waals surface area (Å²) in [4.78, 5) is 1.87. The number of hydrogen-bond acceptors (Lipinski definition) is 5. The van der Waals surface area contributed by atoms with Gasteiger partial charge in [-0.1, -0.05) is 42.5 Å². The molecule has 0 amide bonds. The molecule has 4 aromatic carbocycles. The Morgan fingerprint density at radius 1 is 0.811 bits per heavy atom. The molecule has 6 nitrogen and oxygen atoms in total. The predicted molar refractivity (Wildman–Crippen MR) is 136 cm³/mol. The fourth-order valence-corrected chi connectivity index (χ4v) is 5.49. The lowest BCUT2D eigenvalue weighted by Crippen LogP contribution is -2.17. The van der Waals surface area contributed by atoms with Crippen LogP contribution in [-0.2, 0) is 22.8 Å². The lowest BCUT2D eigenvalue weighted by atomic mass is 10.0. The third-order valence-electron chi connectivity index (χ3n) is 6.03. The van der Waals surface area contributed by atoms with Gasteiger partial charge in [-0.15, -0.1) is 13.2 Å². The maximum atomic E-state index is 13.2. The molecule has 1 aliphatic heterocycles. The van der Waals surface area contributed by atoms with Gasteiger partial charge >= 0.3 is 6.36 Å². The number of halogens is 3. The van der Waals surface area contributed by atoms with E-state index in [9.17, 15) is 22.5 Å². The molecular formula is C27H22F3N3O3S. The number of aromatic hydroxyl groups is 1. The average molecular weight is 526 g/mol. The van der Waals surface area contributed by atoms with Crippen LogP contribution in [0.2, 0.25) is 0 Å². The molecule has 0 bridgehead atoms. The lowest BCUT2D eigenvalue weighted by Gasteiger charge is -2.28. The molecule has 0 aliphatic carbocycles. The van der Waals surface area contributed by atoms with E-state index in [0.29, 0.717) is 5.69 Å². The number of nitrogens with one attached hydrogen (secondary N) is 2. The quantitative estimate of drug-likeness (QED) is 0.239. The fraction of sp³-hybridized carbons (Fsp3) is 0.111. The van der Waals surface area contributed by atoms with Crippen molar-refractivity contribution in [1.29, 1.82) is 4.78 Å². The maximum Gasteiger partial charge on any atom is 0.573 e. The Hall–Kier alpha value is -4.18. The van der Waals surface area contributed by atoms with Gasteiger partial charge < -0.3 is 14.7 Å². The zero-order valence-electron chi connectivity index (χ0n) is 19.3. The highest BCUT2D eigenvalue weighted by Crippen LogP contribution is 2.47. The summed E-state index contributed by atoms with van der Waals surface area (Å²) in [6, 6.07) is 24.9. The summed E-state index contributed by atoms with van der Waals surface area (Å²) in [6.07, 6.45) is -3.23. The largest absolute Gasteiger partial charge is 0.573 e. The van der Waals surface area contributed by atoms with Crippen molar-refractivity contribution in [2.75, 3.05) is 9.62 Å². The third-order valence-corrected chi connectivity index (χ3v) is 7.47. The molecule has 0 spiro atoms. The Bertz CT molecular complexity index is 1510. The van der Waals surface area contributed by atoms with E-state index in [1.54, 1.807) is 12.1 Å². The van der Waals surface area contributed by atoms with Gasteiger partial charge in [0.05, 0.1) is 16.3 Å². The lowest BCUT2D eigenvalue weighted by molar-refractivity contribution is -0.274. The Kier molecular flexibility index (Phi) is 6.20. The second kappa shape index (κ2) is 9.36. The number of fused-ring (bicyclic) bond motifs is 2. The maximum absolute atomic E-state index is 13.2. The Labute approximate surface area is 212 Å². The molecule has 0 aromatic heterocycles. The molecule has 5 rings (SSSR count). The van der Waals surface area contributed by atoms with Crippen molar-refractivity contribution in [3.05, 3.63) is 102 Å². The summed E-state index contributed by atoms with van der Waals surface area (Å²) in [5.41, 5.74) is 4.46. The summed E-state index contributed by atoms with van der Waals surface area (Å²) < 4.78 is 65.3. The number of phenols is 1. The van der Waals surface area contributed by atoms with Gasteiger partial charge in [0.15, 0.2) is 15.7 Å². The molecule has 0 radical (unpaired) electrons. The van der Waals surface area contributed by atoms with Crippen LogP contribution in [0.4, 0.5) is 35.9 Å². The van der Waals surface area contributed by atoms with Gasteiger partial charge in [0.1, 0.15) is 5.75 Å². The normalized spacial score (nSPS) is 14.6. The van der Waals surface area contributed by atoms with Crippen molar-refractivity contribution in [1.82, 2.24) is 0 Å². The molecule has 190 valence electrons. The first-order valence-corrected chi connectivity index (χ1v) is 12.9. The Balaban J connectivity index is 1.52. The van der Waals surface area contributed by atoms with E-state index in [1.165, 1.54) is 6.07 Å². The first kappa shape index (κ1) is 24.5. The van der Waals surface area contributed by atoms with Crippen LogP contribution < -0.4 is 14.4 Å². The van der Waals surface area contributed by atoms with Gasteiger partial charge in [-0.2, -0.15) is 0 Å². The van der Waals surface area contributed by atoms with E-state index in [0.717, 1.165) is 59.6 Å². The second-order valence-electron chi connectivity index (χ2n) is 8.44. The van der Waals surface area contributed by atoms with Crippen LogP contribution in [0.15, 0.2) is 95.9 Å². The highest BCUT2D eigenvalue weighted by atomic mass is 32.2. The van der Waals surface area contributed by atoms with Crippen LogP contribution in [0.1, 0.15) is 11.1 Å². The molecule has 3 N–H and O–H groups in total. The average Bonchev–Trinajstić information content (AvgIpc) is 3.02. The minimum atomic E-state index is -4.86. The van der Waals surface area contributed by atoms with E-state index in [4.69, 9.17) is 4.78 Å². The molecule has 37 heavy (non-hydrogen) atoms. The van der Waals surface area contributed by atoms with Crippen LogP contribution >= 0.6 is 0 Å². The highest BCUT2D eigenvalue weighted by molar-refractivity contribution is 7.93. The summed E-state index contributed by atoms with van der Waals surface area (Å²) >= 11 is 0. The molecule has 10 heteroatoms. The predicted octanol–water partition coefficient (Wildman–Crippen LogP) is 7.29. The number of hydrogen-bond donors (Lipinski definition) is 3. The van der Waals surface area contributed by atoms with Crippen molar-refractivity contribution in [2.24, 2.45) is 0 Å². The second-order valence-corrected chi connectivity index (χ2v) is 10.2. The number of benzene rings is 4. The van der Waals surface area contributed by atoms with Gasteiger partial charge in [0.25, 0.3) is 0 Å². The molecule has 1 atom stereocenters. The van der Waals surface area contributed by atoms with Crippen LogP contribution in [0, 0.1) is 4.78 Å². The molecule has 0 saturated heterocycles. The van der Waals surface area contributed by atoms with Crippen LogP contribution in [0.3, 0.4) is 0 Å². The van der Waals surface area contributed by atoms with Crippen LogP contribution in [-0.4, -0.2) is 15.7 Å². The van der Waals surface area contributed by atoms with Gasteiger partial charge in [-0.3, -0.25) is 4.72 Å². The smallest absolute Gasteiger partial charge is 0.504 e. The summed E-state index contributed by atoms with van der Waals surface area (Å²) in [6.45, 7) is 0. The van der Waals surface area contributed by atoms with Gasteiger partial charge in [-0.25, -0.2) is 8.99 Å². The summed E-state index contributed by atoms with van der Waals surface area (Å²) in [7, 11) is -3.74. The molecular weight excluding hydrogens is 503 g/mol. The number of phenolic OH excluding ortho intramolecular Hbond substituents is 1. The van der Waals surface area contributed by atoms with Gasteiger partial charge in [-0.05, 0) is 72.5 Å². The monoisotopic (exact) mass is 525 g/mol. The number of rotatable bonds is 5. The molecule has 1 heterocycles. The van der Waals surface area contributed by atoms with E-state index in [-0.39, 0.29) is 16.3 Å². The van der Waals surface area contributed by atoms with Crippen molar-refractivity contribution in [3.8, 4) is 11.5 Å². The van der Waals surface area contributed by atoms with Crippen molar-refractivity contribution >= 4 is 32.7 Å². The van der Waals surface area contributed by atoms with E-state index >= 15 is 0 Å². The van der Waals surface area contributed by atoms with Crippen LogP contribution in [0.5, 0.6) is 11.5 Å². The Morgan fingerprint density at radius 2 is 1.35 bits per heavy atom.